The molecule has 1 aromatic heterocycles. The minimum atomic E-state index is -0.446. The number of hydrogen-bond donors (Lipinski definition) is 1. The molecule has 0 bridgehead atoms. The molecule has 3 heterocycles. The summed E-state index contributed by atoms with van der Waals surface area (Å²) in [6.45, 7) is 1.76. The predicted molar refractivity (Wildman–Crippen MR) is 60.7 cm³/mol. The van der Waals surface area contributed by atoms with Gasteiger partial charge in [-0.15, -0.1) is 12.4 Å². The van der Waals surface area contributed by atoms with Crippen molar-refractivity contribution in [3.63, 3.8) is 0 Å². The average molecular weight is 241 g/mol. The van der Waals surface area contributed by atoms with Crippen molar-refractivity contribution in [3.05, 3.63) is 29.6 Å². The van der Waals surface area contributed by atoms with Gasteiger partial charge in [-0.1, -0.05) is 0 Å². The Bertz CT molecular complexity index is 416. The molecule has 0 atom stereocenters. The lowest BCUT2D eigenvalue weighted by atomic mass is 9.88. The Kier molecular flexibility index (Phi) is 2.86. The van der Waals surface area contributed by atoms with Crippen LogP contribution in [0, 0.1) is 0 Å². The largest absolute Gasteiger partial charge is 0.449 e. The SMILES string of the molecule is Cl.O=C1OC2(CCNCC2)c2ncccc21. The molecule has 0 unspecified atom stereocenters. The molecule has 1 fully saturated rings. The number of aromatic nitrogens is 1. The van der Waals surface area contributed by atoms with E-state index < -0.39 is 5.60 Å². The number of pyridine rings is 1. The topological polar surface area (TPSA) is 51.2 Å². The lowest BCUT2D eigenvalue weighted by molar-refractivity contribution is -0.0260. The van der Waals surface area contributed by atoms with Crippen LogP contribution in [0.4, 0.5) is 0 Å². The molecule has 0 aliphatic carbocycles. The summed E-state index contributed by atoms with van der Waals surface area (Å²) >= 11 is 0. The number of carbonyl (C=O) groups is 1. The third kappa shape index (κ3) is 1.49. The molecule has 0 radical (unpaired) electrons. The summed E-state index contributed by atoms with van der Waals surface area (Å²) in [7, 11) is 0. The van der Waals surface area contributed by atoms with Crippen molar-refractivity contribution in [2.75, 3.05) is 13.1 Å². The van der Waals surface area contributed by atoms with E-state index >= 15 is 0 Å². The van der Waals surface area contributed by atoms with Crippen LogP contribution in [0.15, 0.2) is 18.3 Å². The lowest BCUT2D eigenvalue weighted by Gasteiger charge is -2.32. The van der Waals surface area contributed by atoms with Crippen molar-refractivity contribution in [2.45, 2.75) is 18.4 Å². The summed E-state index contributed by atoms with van der Waals surface area (Å²) < 4.78 is 5.52. The van der Waals surface area contributed by atoms with Crippen molar-refractivity contribution in [3.8, 4) is 0 Å². The number of halogens is 1. The fraction of sp³-hybridized carbons (Fsp3) is 0.455. The van der Waals surface area contributed by atoms with Gasteiger partial charge >= 0.3 is 5.97 Å². The van der Waals surface area contributed by atoms with E-state index in [9.17, 15) is 4.79 Å². The quantitative estimate of drug-likeness (QED) is 0.694. The van der Waals surface area contributed by atoms with Crippen molar-refractivity contribution in [1.82, 2.24) is 10.3 Å². The molecule has 4 nitrogen and oxygen atoms in total. The van der Waals surface area contributed by atoms with Crippen molar-refractivity contribution < 1.29 is 9.53 Å². The third-order valence-electron chi connectivity index (χ3n) is 3.16. The molecular formula is C11H13ClN2O2. The molecule has 5 heteroatoms. The minimum Gasteiger partial charge on any atom is -0.449 e. The number of piperidine rings is 1. The highest BCUT2D eigenvalue weighted by Crippen LogP contribution is 2.41. The third-order valence-corrected chi connectivity index (χ3v) is 3.16. The molecule has 1 spiro atoms. The van der Waals surface area contributed by atoms with E-state index in [-0.39, 0.29) is 18.4 Å². The molecule has 2 aliphatic rings. The first-order valence-electron chi connectivity index (χ1n) is 5.21. The first kappa shape index (κ1) is 11.4. The van der Waals surface area contributed by atoms with Gasteiger partial charge < -0.3 is 10.1 Å². The van der Waals surface area contributed by atoms with Crippen LogP contribution in [0.3, 0.4) is 0 Å². The standard InChI is InChI=1S/C11H12N2O2.ClH/c14-10-8-2-1-5-13-9(8)11(15-10)3-6-12-7-4-11;/h1-2,5,12H,3-4,6-7H2;1H. The summed E-state index contributed by atoms with van der Waals surface area (Å²) in [6, 6.07) is 3.57. The van der Waals surface area contributed by atoms with E-state index in [1.54, 1.807) is 18.3 Å². The number of carbonyl (C=O) groups excluding carboxylic acids is 1. The smallest absolute Gasteiger partial charge is 0.341 e. The summed E-state index contributed by atoms with van der Waals surface area (Å²) in [5.41, 5.74) is 1.02. The van der Waals surface area contributed by atoms with E-state index in [1.165, 1.54) is 0 Å². The molecule has 0 aromatic carbocycles. The van der Waals surface area contributed by atoms with Gasteiger partial charge in [-0.25, -0.2) is 4.79 Å². The van der Waals surface area contributed by atoms with Crippen molar-refractivity contribution in [2.24, 2.45) is 0 Å². The Balaban J connectivity index is 0.000000963. The van der Waals surface area contributed by atoms with Gasteiger partial charge in [0.25, 0.3) is 0 Å². The van der Waals surface area contributed by atoms with Crippen LogP contribution in [-0.2, 0) is 10.3 Å². The van der Waals surface area contributed by atoms with Crippen LogP contribution < -0.4 is 5.32 Å². The molecule has 1 saturated heterocycles. The fourth-order valence-electron chi connectivity index (χ4n) is 2.38. The minimum absolute atomic E-state index is 0. The molecule has 0 saturated carbocycles. The van der Waals surface area contributed by atoms with E-state index in [4.69, 9.17) is 4.74 Å². The first-order chi connectivity index (χ1) is 7.32. The second kappa shape index (κ2) is 4.03. The van der Waals surface area contributed by atoms with Crippen LogP contribution in [0.5, 0.6) is 0 Å². The Morgan fingerprint density at radius 1 is 1.38 bits per heavy atom. The normalized spacial score (nSPS) is 21.1. The molecule has 1 N–H and O–H groups in total. The number of nitrogens with zero attached hydrogens (tertiary/aromatic N) is 1. The van der Waals surface area contributed by atoms with Gasteiger partial charge in [-0.05, 0) is 25.2 Å². The van der Waals surface area contributed by atoms with Crippen LogP contribution in [-0.4, -0.2) is 24.0 Å². The van der Waals surface area contributed by atoms with Gasteiger partial charge in [0, 0.05) is 19.0 Å². The Hall–Kier alpha value is -1.13. The highest BCUT2D eigenvalue weighted by atomic mass is 35.5. The van der Waals surface area contributed by atoms with Gasteiger partial charge in [0.2, 0.25) is 0 Å². The number of esters is 1. The molecule has 0 amide bonds. The Labute approximate surface area is 99.8 Å². The molecular weight excluding hydrogens is 228 g/mol. The number of nitrogens with one attached hydrogen (secondary N) is 1. The number of ether oxygens (including phenoxy) is 1. The molecule has 16 heavy (non-hydrogen) atoms. The second-order valence-electron chi connectivity index (χ2n) is 4.03. The van der Waals surface area contributed by atoms with E-state index in [0.717, 1.165) is 31.6 Å². The van der Waals surface area contributed by atoms with Crippen LogP contribution in [0.1, 0.15) is 28.9 Å². The van der Waals surface area contributed by atoms with Crippen LogP contribution >= 0.6 is 12.4 Å². The van der Waals surface area contributed by atoms with Crippen molar-refractivity contribution in [1.29, 1.82) is 0 Å². The monoisotopic (exact) mass is 240 g/mol. The first-order valence-corrected chi connectivity index (χ1v) is 5.21. The molecule has 2 aliphatic heterocycles. The van der Waals surface area contributed by atoms with E-state index in [2.05, 4.69) is 10.3 Å². The number of rotatable bonds is 0. The Morgan fingerprint density at radius 2 is 2.12 bits per heavy atom. The zero-order chi connectivity index (χ0) is 10.3. The van der Waals surface area contributed by atoms with E-state index in [1.807, 2.05) is 0 Å². The highest BCUT2D eigenvalue weighted by molar-refractivity contribution is 5.94. The Morgan fingerprint density at radius 3 is 2.88 bits per heavy atom. The molecule has 86 valence electrons. The summed E-state index contributed by atoms with van der Waals surface area (Å²) in [6.07, 6.45) is 3.37. The predicted octanol–water partition coefficient (Wildman–Crippen LogP) is 1.25. The van der Waals surface area contributed by atoms with Gasteiger partial charge in [0.05, 0.1) is 11.3 Å². The van der Waals surface area contributed by atoms with Crippen LogP contribution in [0.2, 0.25) is 0 Å². The molecule has 1 aromatic rings. The maximum Gasteiger partial charge on any atom is 0.341 e. The molecule has 3 rings (SSSR count). The lowest BCUT2D eigenvalue weighted by Crippen LogP contribution is -2.40. The maximum absolute atomic E-state index is 11.7. The number of fused-ring (bicyclic) bond motifs is 2. The van der Waals surface area contributed by atoms with Gasteiger partial charge in [-0.2, -0.15) is 0 Å². The van der Waals surface area contributed by atoms with Gasteiger partial charge in [0.1, 0.15) is 0 Å². The fourth-order valence-corrected chi connectivity index (χ4v) is 2.38. The summed E-state index contributed by atoms with van der Waals surface area (Å²) in [5, 5.41) is 3.26. The van der Waals surface area contributed by atoms with Crippen molar-refractivity contribution >= 4 is 18.4 Å². The highest BCUT2D eigenvalue weighted by Gasteiger charge is 2.47. The van der Waals surface area contributed by atoms with Gasteiger partial charge in [0.15, 0.2) is 5.60 Å². The maximum atomic E-state index is 11.7. The summed E-state index contributed by atoms with van der Waals surface area (Å²) in [4.78, 5) is 16.0. The van der Waals surface area contributed by atoms with Crippen LogP contribution in [0.25, 0.3) is 0 Å². The van der Waals surface area contributed by atoms with Gasteiger partial charge in [-0.3, -0.25) is 4.98 Å². The average Bonchev–Trinajstić information content (AvgIpc) is 2.55. The van der Waals surface area contributed by atoms with E-state index in [0.29, 0.717) is 5.56 Å². The number of hydrogen-bond acceptors (Lipinski definition) is 4. The second-order valence-corrected chi connectivity index (χ2v) is 4.03. The zero-order valence-electron chi connectivity index (χ0n) is 8.73. The summed E-state index contributed by atoms with van der Waals surface area (Å²) in [5.74, 6) is -0.222. The zero-order valence-corrected chi connectivity index (χ0v) is 9.55.